The van der Waals surface area contributed by atoms with E-state index in [9.17, 15) is 28.8 Å². The van der Waals surface area contributed by atoms with Crippen LogP contribution < -0.4 is 5.32 Å². The average molecular weight is 619 g/mol. The number of carbonyl (C=O) groups is 4. The van der Waals surface area contributed by atoms with E-state index in [1.165, 1.54) is 12.5 Å². The summed E-state index contributed by atoms with van der Waals surface area (Å²) in [6.07, 6.45) is -1.83. The zero-order chi connectivity index (χ0) is 31.6. The fourth-order valence-electron chi connectivity index (χ4n) is 5.03. The van der Waals surface area contributed by atoms with E-state index in [1.54, 1.807) is 31.2 Å². The van der Waals surface area contributed by atoms with E-state index < -0.39 is 65.8 Å². The molecule has 0 saturated carbocycles. The van der Waals surface area contributed by atoms with Crippen LogP contribution >= 0.6 is 0 Å². The van der Waals surface area contributed by atoms with E-state index in [0.29, 0.717) is 11.1 Å². The molecule has 0 aliphatic carbocycles. The number of nitrogens with zero attached hydrogens (tertiary/aromatic N) is 1. The van der Waals surface area contributed by atoms with Crippen molar-refractivity contribution in [1.29, 1.82) is 0 Å². The average Bonchev–Trinajstić information content (AvgIpc) is 3.04. The van der Waals surface area contributed by atoms with Gasteiger partial charge in [-0.3, -0.25) is 19.2 Å². The molecule has 0 aromatic heterocycles. The minimum Gasteiger partial charge on any atom is -0.612 e. The highest BCUT2D eigenvalue weighted by molar-refractivity contribution is 7.94. The van der Waals surface area contributed by atoms with Gasteiger partial charge in [0, 0.05) is 0 Å². The summed E-state index contributed by atoms with van der Waals surface area (Å²) < 4.78 is 23.8. The Balaban J connectivity index is 1.62. The number of aliphatic carboxylic acids is 1. The van der Waals surface area contributed by atoms with Crippen molar-refractivity contribution < 1.29 is 38.3 Å². The van der Waals surface area contributed by atoms with Crippen molar-refractivity contribution in [3.8, 4) is 0 Å². The van der Waals surface area contributed by atoms with Crippen molar-refractivity contribution in [2.24, 2.45) is 0 Å². The van der Waals surface area contributed by atoms with Gasteiger partial charge in [-0.05, 0) is 40.4 Å². The number of likely N-dealkylation sites (tertiary alicyclic amines) is 1. The molecule has 3 aromatic carbocycles. The Hall–Kier alpha value is -4.45. The lowest BCUT2D eigenvalue weighted by Crippen LogP contribution is -2.72. The lowest BCUT2D eigenvalue weighted by Gasteiger charge is -2.47. The Kier molecular flexibility index (Phi) is 11.3. The van der Waals surface area contributed by atoms with E-state index >= 15 is 0 Å². The molecule has 1 heterocycles. The van der Waals surface area contributed by atoms with Gasteiger partial charge in [0.05, 0.1) is 19.6 Å². The van der Waals surface area contributed by atoms with Crippen LogP contribution in [0.15, 0.2) is 102 Å². The quantitative estimate of drug-likeness (QED) is 0.159. The van der Waals surface area contributed by atoms with Gasteiger partial charge < -0.3 is 29.3 Å². The Morgan fingerprint density at radius 1 is 0.955 bits per heavy atom. The van der Waals surface area contributed by atoms with Crippen molar-refractivity contribution in [1.82, 2.24) is 10.2 Å². The third-order valence-corrected chi connectivity index (χ3v) is 8.38. The summed E-state index contributed by atoms with van der Waals surface area (Å²) in [5, 5.41) is 13.6. The summed E-state index contributed by atoms with van der Waals surface area (Å²) in [4.78, 5) is 51.2. The molecule has 11 heteroatoms. The second kappa shape index (κ2) is 15.3. The number of β-lactam (4-membered cyclic amide) rings is 1. The first-order chi connectivity index (χ1) is 21.2. The molecule has 230 valence electrons. The van der Waals surface area contributed by atoms with Gasteiger partial charge in [0.15, 0.2) is 6.10 Å². The Morgan fingerprint density at radius 2 is 1.48 bits per heavy atom. The lowest BCUT2D eigenvalue weighted by molar-refractivity contribution is -0.159. The molecule has 2 N–H and O–H groups in total. The molecule has 1 aliphatic heterocycles. The number of methoxy groups -OCH3 is 1. The maximum atomic E-state index is 14.0. The molecule has 0 radical (unpaired) electrons. The fraction of sp³-hybridized carbons (Fsp3) is 0.273. The maximum Gasteiger partial charge on any atom is 0.323 e. The Bertz CT molecular complexity index is 1430. The minimum atomic E-state index is -1.60. The second-order valence-electron chi connectivity index (χ2n) is 10.2. The number of benzene rings is 3. The Morgan fingerprint density at radius 3 is 1.98 bits per heavy atom. The molecular weight excluding hydrogens is 584 g/mol. The molecule has 4 rings (SSSR count). The van der Waals surface area contributed by atoms with E-state index in [2.05, 4.69) is 10.1 Å². The highest BCUT2D eigenvalue weighted by atomic mass is 32.2. The number of esters is 1. The number of hydrogen-bond donors (Lipinski definition) is 2. The zero-order valence-electron chi connectivity index (χ0n) is 24.3. The number of nitrogens with one attached hydrogen (secondary N) is 1. The second-order valence-corrected chi connectivity index (χ2v) is 11.6. The van der Waals surface area contributed by atoms with Crippen LogP contribution in [0.1, 0.15) is 42.2 Å². The van der Waals surface area contributed by atoms with Crippen LogP contribution in [0.2, 0.25) is 0 Å². The molecule has 10 nitrogen and oxygen atoms in total. The molecule has 4 unspecified atom stereocenters. The molecule has 1 saturated heterocycles. The van der Waals surface area contributed by atoms with Gasteiger partial charge in [0.2, 0.25) is 5.91 Å². The van der Waals surface area contributed by atoms with E-state index in [-0.39, 0.29) is 12.2 Å². The first-order valence-corrected chi connectivity index (χ1v) is 15.3. The first kappa shape index (κ1) is 32.5. The normalized spacial score (nSPS) is 17.9. The first-order valence-electron chi connectivity index (χ1n) is 13.9. The van der Waals surface area contributed by atoms with Crippen LogP contribution in [0.3, 0.4) is 0 Å². The summed E-state index contributed by atoms with van der Waals surface area (Å²) >= 11 is -1.60. The van der Waals surface area contributed by atoms with Crippen LogP contribution in [0.25, 0.3) is 0 Å². The zero-order valence-corrected chi connectivity index (χ0v) is 25.1. The molecule has 1 fully saturated rings. The third kappa shape index (κ3) is 8.13. The Labute approximate surface area is 258 Å². The molecule has 4 atom stereocenters. The minimum absolute atomic E-state index is 0.00901. The number of amides is 2. The smallest absolute Gasteiger partial charge is 0.323 e. The molecule has 2 amide bonds. The third-order valence-electron chi connectivity index (χ3n) is 7.14. The molecule has 0 bridgehead atoms. The monoisotopic (exact) mass is 618 g/mol. The van der Waals surface area contributed by atoms with Gasteiger partial charge in [-0.25, -0.2) is 0 Å². The number of hydrogen-bond acceptors (Lipinski definition) is 7. The topological polar surface area (TPSA) is 145 Å². The summed E-state index contributed by atoms with van der Waals surface area (Å²) in [5.74, 6) is -2.94. The van der Waals surface area contributed by atoms with E-state index in [0.717, 1.165) is 16.0 Å². The molecule has 0 spiro atoms. The van der Waals surface area contributed by atoms with Crippen LogP contribution in [-0.4, -0.2) is 69.8 Å². The maximum absolute atomic E-state index is 14.0. The van der Waals surface area contributed by atoms with Crippen LogP contribution in [0.4, 0.5) is 0 Å². The molecule has 44 heavy (non-hydrogen) atoms. The summed E-state index contributed by atoms with van der Waals surface area (Å²) in [7, 11) is 1.23. The summed E-state index contributed by atoms with van der Waals surface area (Å²) in [5.41, 5.74) is 2.63. The van der Waals surface area contributed by atoms with Crippen molar-refractivity contribution in [3.05, 3.63) is 119 Å². The van der Waals surface area contributed by atoms with Crippen molar-refractivity contribution in [2.75, 3.05) is 19.4 Å². The fourth-order valence-corrected chi connectivity index (χ4v) is 6.07. The van der Waals surface area contributed by atoms with Gasteiger partial charge in [-0.15, -0.1) is 0 Å². The van der Waals surface area contributed by atoms with Gasteiger partial charge in [0.1, 0.15) is 29.9 Å². The van der Waals surface area contributed by atoms with Gasteiger partial charge in [-0.2, -0.15) is 0 Å². The summed E-state index contributed by atoms with van der Waals surface area (Å²) in [6, 6.07) is 25.8. The van der Waals surface area contributed by atoms with Crippen molar-refractivity contribution in [2.45, 2.75) is 37.6 Å². The molecule has 3 aromatic rings. The number of ether oxygens (including phenoxy) is 2. The highest BCUT2D eigenvalue weighted by Crippen LogP contribution is 2.34. The lowest BCUT2D eigenvalue weighted by atomic mass is 9.89. The number of rotatable bonds is 14. The standard InChI is InChI=1S/C33H34N2O8S/c1-22(21-44(41)19-18-27(38)42-2)29-28(33(40)35(29)20-26(36)37)34-32(39)31(25-16-10-5-11-17-25)43-30(23-12-6-3-7-13-23)24-14-8-4-9-15-24/h3-17,21,28-31H,18-20H2,1-2H3,(H,34,39)(H,36,37). The van der Waals surface area contributed by atoms with Crippen LogP contribution in [-0.2, 0) is 39.8 Å². The summed E-state index contributed by atoms with van der Waals surface area (Å²) in [6.45, 7) is 1.01. The van der Waals surface area contributed by atoms with E-state index in [1.807, 2.05) is 66.7 Å². The SMILES string of the molecule is COC(=O)CC[S+]([O-])C=C(C)C1C(NC(=O)C(OC(c2ccccc2)c2ccccc2)c2ccccc2)C(=O)N1CC(=O)O. The van der Waals surface area contributed by atoms with Gasteiger partial charge >= 0.3 is 11.9 Å². The largest absolute Gasteiger partial charge is 0.612 e. The van der Waals surface area contributed by atoms with Crippen molar-refractivity contribution >= 4 is 34.9 Å². The van der Waals surface area contributed by atoms with Crippen molar-refractivity contribution in [3.63, 3.8) is 0 Å². The number of carboxylic acid groups (broad SMARTS) is 1. The van der Waals surface area contributed by atoms with Crippen LogP contribution in [0, 0.1) is 0 Å². The van der Waals surface area contributed by atoms with Gasteiger partial charge in [-0.1, -0.05) is 91.0 Å². The predicted octanol–water partition coefficient (Wildman–Crippen LogP) is 3.53. The highest BCUT2D eigenvalue weighted by Gasteiger charge is 2.50. The molecule has 1 aliphatic rings. The number of carboxylic acids is 1. The van der Waals surface area contributed by atoms with Gasteiger partial charge in [0.25, 0.3) is 5.91 Å². The van der Waals surface area contributed by atoms with Crippen LogP contribution in [0.5, 0.6) is 0 Å². The number of carbonyl (C=O) groups excluding carboxylic acids is 3. The molecular formula is C33H34N2O8S. The predicted molar refractivity (Wildman–Crippen MR) is 163 cm³/mol. The van der Waals surface area contributed by atoms with E-state index in [4.69, 9.17) is 4.74 Å².